The van der Waals surface area contributed by atoms with Crippen molar-refractivity contribution in [1.29, 1.82) is 0 Å². The van der Waals surface area contributed by atoms with Gasteiger partial charge in [-0.15, -0.1) is 0 Å². The fraction of sp³-hybridized carbons (Fsp3) is 0.200. The third kappa shape index (κ3) is 3.25. The van der Waals surface area contributed by atoms with Crippen LogP contribution in [0.3, 0.4) is 0 Å². The van der Waals surface area contributed by atoms with E-state index in [9.17, 15) is 5.11 Å². The topological polar surface area (TPSA) is 23.5 Å². The molecule has 0 aliphatic rings. The van der Waals surface area contributed by atoms with E-state index in [1.54, 1.807) is 12.1 Å². The lowest BCUT2D eigenvalue weighted by Crippen LogP contribution is -2.19. The molecule has 2 aromatic carbocycles. The molecular weight excluding hydrogens is 210 g/mol. The van der Waals surface area contributed by atoms with Crippen molar-refractivity contribution in [2.24, 2.45) is 0 Å². The number of aromatic hydroxyl groups is 1. The van der Waals surface area contributed by atoms with E-state index in [4.69, 9.17) is 0 Å². The van der Waals surface area contributed by atoms with Crippen LogP contribution in [0.5, 0.6) is 5.75 Å². The van der Waals surface area contributed by atoms with Crippen LogP contribution >= 0.6 is 0 Å². The third-order valence-electron chi connectivity index (χ3n) is 2.87. The van der Waals surface area contributed by atoms with E-state index in [0.717, 1.165) is 13.0 Å². The predicted octanol–water partition coefficient (Wildman–Crippen LogP) is 3.07. The van der Waals surface area contributed by atoms with Gasteiger partial charge in [0.15, 0.2) is 0 Å². The molecule has 1 N–H and O–H groups in total. The van der Waals surface area contributed by atoms with Gasteiger partial charge in [0.1, 0.15) is 5.75 Å². The Kier molecular flexibility index (Phi) is 3.66. The molecule has 0 radical (unpaired) electrons. The van der Waals surface area contributed by atoms with Crippen molar-refractivity contribution in [1.82, 2.24) is 0 Å². The van der Waals surface area contributed by atoms with Crippen LogP contribution in [0, 0.1) is 0 Å². The zero-order chi connectivity index (χ0) is 12.1. The van der Waals surface area contributed by atoms with Crippen LogP contribution in [0.25, 0.3) is 0 Å². The second-order valence-electron chi connectivity index (χ2n) is 4.17. The normalized spacial score (nSPS) is 10.2. The van der Waals surface area contributed by atoms with Crippen LogP contribution < -0.4 is 4.90 Å². The van der Waals surface area contributed by atoms with E-state index >= 15 is 0 Å². The predicted molar refractivity (Wildman–Crippen MR) is 71.5 cm³/mol. The molecule has 0 aliphatic carbocycles. The molecule has 0 saturated carbocycles. The molecule has 0 aromatic heterocycles. The first-order valence-corrected chi connectivity index (χ1v) is 5.80. The van der Waals surface area contributed by atoms with Gasteiger partial charge in [0.25, 0.3) is 0 Å². The summed E-state index contributed by atoms with van der Waals surface area (Å²) in [6.45, 7) is 0.967. The van der Waals surface area contributed by atoms with Crippen molar-refractivity contribution in [3.8, 4) is 5.75 Å². The molecule has 0 aliphatic heterocycles. The zero-order valence-electron chi connectivity index (χ0n) is 10.0. The molecule has 0 atom stereocenters. The number of anilines is 1. The number of nitrogens with zero attached hydrogens (tertiary/aromatic N) is 1. The second kappa shape index (κ2) is 5.39. The molecule has 2 heteroatoms. The number of hydrogen-bond acceptors (Lipinski definition) is 2. The quantitative estimate of drug-likeness (QED) is 0.867. The summed E-state index contributed by atoms with van der Waals surface area (Å²) in [7, 11) is 2.09. The highest BCUT2D eigenvalue weighted by atomic mass is 16.3. The standard InChI is InChI=1S/C15H17NO/c1-16(14-5-3-2-4-6-14)12-11-13-7-9-15(17)10-8-13/h2-10,17H,11-12H2,1H3. The van der Waals surface area contributed by atoms with Crippen LogP contribution in [0.15, 0.2) is 54.6 Å². The number of likely N-dealkylation sites (N-methyl/N-ethyl adjacent to an activating group) is 1. The Morgan fingerprint density at radius 2 is 1.59 bits per heavy atom. The summed E-state index contributed by atoms with van der Waals surface area (Å²) >= 11 is 0. The number of rotatable bonds is 4. The molecule has 88 valence electrons. The Morgan fingerprint density at radius 3 is 2.24 bits per heavy atom. The maximum absolute atomic E-state index is 9.20. The number of para-hydroxylation sites is 1. The molecule has 2 nitrogen and oxygen atoms in total. The van der Waals surface area contributed by atoms with E-state index in [2.05, 4.69) is 24.1 Å². The van der Waals surface area contributed by atoms with Crippen LogP contribution in [0.4, 0.5) is 5.69 Å². The van der Waals surface area contributed by atoms with Crippen LogP contribution in [0.2, 0.25) is 0 Å². The number of hydrogen-bond donors (Lipinski definition) is 1. The van der Waals surface area contributed by atoms with Gasteiger partial charge in [0, 0.05) is 19.3 Å². The highest BCUT2D eigenvalue weighted by molar-refractivity contribution is 5.45. The summed E-state index contributed by atoms with van der Waals surface area (Å²) in [5, 5.41) is 9.20. The Balaban J connectivity index is 1.92. The Bertz CT molecular complexity index is 450. The van der Waals surface area contributed by atoms with E-state index in [1.807, 2.05) is 30.3 Å². The lowest BCUT2D eigenvalue weighted by atomic mass is 10.1. The van der Waals surface area contributed by atoms with Gasteiger partial charge in [0.05, 0.1) is 0 Å². The molecule has 17 heavy (non-hydrogen) atoms. The van der Waals surface area contributed by atoms with Crippen molar-refractivity contribution in [3.63, 3.8) is 0 Å². The Labute approximate surface area is 102 Å². The lowest BCUT2D eigenvalue weighted by Gasteiger charge is -2.19. The highest BCUT2D eigenvalue weighted by Crippen LogP contribution is 2.13. The fourth-order valence-electron chi connectivity index (χ4n) is 1.77. The van der Waals surface area contributed by atoms with E-state index in [-0.39, 0.29) is 0 Å². The maximum atomic E-state index is 9.20. The number of phenols is 1. The first-order chi connectivity index (χ1) is 8.25. The van der Waals surface area contributed by atoms with E-state index in [0.29, 0.717) is 5.75 Å². The number of phenolic OH excluding ortho intramolecular Hbond substituents is 1. The molecule has 0 fully saturated rings. The first-order valence-electron chi connectivity index (χ1n) is 5.80. The molecular formula is C15H17NO. The van der Waals surface area contributed by atoms with Gasteiger partial charge in [-0.25, -0.2) is 0 Å². The van der Waals surface area contributed by atoms with Gasteiger partial charge in [-0.05, 0) is 36.2 Å². The molecule has 0 bridgehead atoms. The summed E-state index contributed by atoms with van der Waals surface area (Å²) in [6.07, 6.45) is 0.978. The molecule has 0 unspecified atom stereocenters. The van der Waals surface area contributed by atoms with Gasteiger partial charge in [-0.2, -0.15) is 0 Å². The van der Waals surface area contributed by atoms with Gasteiger partial charge >= 0.3 is 0 Å². The Morgan fingerprint density at radius 1 is 0.941 bits per heavy atom. The molecule has 0 saturated heterocycles. The second-order valence-corrected chi connectivity index (χ2v) is 4.17. The largest absolute Gasteiger partial charge is 0.508 e. The summed E-state index contributed by atoms with van der Waals surface area (Å²) in [5.41, 5.74) is 2.47. The van der Waals surface area contributed by atoms with Gasteiger partial charge < -0.3 is 10.0 Å². The summed E-state index contributed by atoms with van der Waals surface area (Å²) in [4.78, 5) is 2.23. The SMILES string of the molecule is CN(CCc1ccc(O)cc1)c1ccccc1. The summed E-state index contributed by atoms with van der Waals surface area (Å²) < 4.78 is 0. The molecule has 2 aromatic rings. The highest BCUT2D eigenvalue weighted by Gasteiger charge is 2.00. The summed E-state index contributed by atoms with van der Waals surface area (Å²) in [6, 6.07) is 17.7. The molecule has 0 heterocycles. The summed E-state index contributed by atoms with van der Waals surface area (Å²) in [5.74, 6) is 0.324. The van der Waals surface area contributed by atoms with Gasteiger partial charge in [0.2, 0.25) is 0 Å². The van der Waals surface area contributed by atoms with Crippen molar-refractivity contribution >= 4 is 5.69 Å². The zero-order valence-corrected chi connectivity index (χ0v) is 10.0. The minimum atomic E-state index is 0.324. The minimum absolute atomic E-state index is 0.324. The van der Waals surface area contributed by atoms with E-state index in [1.165, 1.54) is 11.3 Å². The van der Waals surface area contributed by atoms with Gasteiger partial charge in [-0.1, -0.05) is 30.3 Å². The minimum Gasteiger partial charge on any atom is -0.508 e. The average molecular weight is 227 g/mol. The maximum Gasteiger partial charge on any atom is 0.115 e. The van der Waals surface area contributed by atoms with Crippen molar-refractivity contribution in [3.05, 3.63) is 60.2 Å². The Hall–Kier alpha value is -1.96. The lowest BCUT2D eigenvalue weighted by molar-refractivity contribution is 0.475. The van der Waals surface area contributed by atoms with Crippen molar-refractivity contribution in [2.45, 2.75) is 6.42 Å². The van der Waals surface area contributed by atoms with Crippen molar-refractivity contribution in [2.75, 3.05) is 18.5 Å². The fourth-order valence-corrected chi connectivity index (χ4v) is 1.77. The van der Waals surface area contributed by atoms with Crippen LogP contribution in [0.1, 0.15) is 5.56 Å². The van der Waals surface area contributed by atoms with Crippen molar-refractivity contribution < 1.29 is 5.11 Å². The van der Waals surface area contributed by atoms with E-state index < -0.39 is 0 Å². The average Bonchev–Trinajstić information content (AvgIpc) is 2.39. The number of benzene rings is 2. The smallest absolute Gasteiger partial charge is 0.115 e. The van der Waals surface area contributed by atoms with Crippen LogP contribution in [-0.4, -0.2) is 18.7 Å². The monoisotopic (exact) mass is 227 g/mol. The molecule has 0 amide bonds. The van der Waals surface area contributed by atoms with Gasteiger partial charge in [-0.3, -0.25) is 0 Å². The van der Waals surface area contributed by atoms with Crippen LogP contribution in [-0.2, 0) is 6.42 Å². The first kappa shape index (κ1) is 11.5. The molecule has 0 spiro atoms. The molecule has 2 rings (SSSR count). The third-order valence-corrected chi connectivity index (χ3v) is 2.87.